The van der Waals surface area contributed by atoms with Crippen LogP contribution in [0.15, 0.2) is 30.3 Å². The first-order valence-corrected chi connectivity index (χ1v) is 7.45. The van der Waals surface area contributed by atoms with E-state index in [-0.39, 0.29) is 24.5 Å². The lowest BCUT2D eigenvalue weighted by molar-refractivity contribution is -0.146. The first kappa shape index (κ1) is 16.3. The number of carbonyl (C=O) groups excluding carboxylic acids is 2. The van der Waals surface area contributed by atoms with Gasteiger partial charge in [0.25, 0.3) is 0 Å². The Hall–Kier alpha value is -2.08. The normalized spacial score (nSPS) is 18.1. The molecule has 1 saturated heterocycles. The summed E-state index contributed by atoms with van der Waals surface area (Å²) in [7, 11) is 1.74. The van der Waals surface area contributed by atoms with Crippen molar-refractivity contribution in [3.05, 3.63) is 30.3 Å². The number of likely N-dealkylation sites (N-methyl/N-ethyl adjacent to an activating group) is 1. The van der Waals surface area contributed by atoms with Crippen LogP contribution in [-0.4, -0.2) is 56.2 Å². The van der Waals surface area contributed by atoms with Crippen molar-refractivity contribution in [3.8, 4) is 5.75 Å². The second kappa shape index (κ2) is 8.38. The SMILES string of the molecule is CN1CC(CNC(=O)CCCOc2ccccc2)OCC1=O. The molecule has 1 unspecified atom stereocenters. The van der Waals surface area contributed by atoms with Crippen molar-refractivity contribution in [3.63, 3.8) is 0 Å². The zero-order chi connectivity index (χ0) is 15.8. The Labute approximate surface area is 130 Å². The average molecular weight is 306 g/mol. The van der Waals surface area contributed by atoms with E-state index in [4.69, 9.17) is 9.47 Å². The van der Waals surface area contributed by atoms with Gasteiger partial charge in [-0.2, -0.15) is 0 Å². The molecule has 22 heavy (non-hydrogen) atoms. The Morgan fingerprint density at radius 2 is 2.18 bits per heavy atom. The highest BCUT2D eigenvalue weighted by molar-refractivity contribution is 5.78. The predicted octanol–water partition coefficient (Wildman–Crippen LogP) is 0.819. The van der Waals surface area contributed by atoms with Crippen LogP contribution in [0, 0.1) is 0 Å². The molecule has 0 radical (unpaired) electrons. The monoisotopic (exact) mass is 306 g/mol. The van der Waals surface area contributed by atoms with E-state index in [2.05, 4.69) is 5.32 Å². The van der Waals surface area contributed by atoms with Crippen molar-refractivity contribution < 1.29 is 19.1 Å². The van der Waals surface area contributed by atoms with E-state index in [1.54, 1.807) is 11.9 Å². The minimum atomic E-state index is -0.132. The molecular weight excluding hydrogens is 284 g/mol. The highest BCUT2D eigenvalue weighted by Crippen LogP contribution is 2.09. The van der Waals surface area contributed by atoms with Gasteiger partial charge in [-0.25, -0.2) is 0 Å². The van der Waals surface area contributed by atoms with Gasteiger partial charge in [-0.3, -0.25) is 9.59 Å². The summed E-state index contributed by atoms with van der Waals surface area (Å²) in [4.78, 5) is 24.6. The lowest BCUT2D eigenvalue weighted by Crippen LogP contribution is -2.48. The molecule has 1 heterocycles. The van der Waals surface area contributed by atoms with Crippen LogP contribution >= 0.6 is 0 Å². The minimum absolute atomic E-state index is 0.0272. The molecule has 0 saturated carbocycles. The lowest BCUT2D eigenvalue weighted by Gasteiger charge is -2.29. The molecule has 0 bridgehead atoms. The molecule has 6 nitrogen and oxygen atoms in total. The molecular formula is C16H22N2O4. The molecule has 0 aliphatic carbocycles. The van der Waals surface area contributed by atoms with Gasteiger partial charge in [0, 0.05) is 26.6 Å². The maximum atomic E-state index is 11.7. The molecule has 2 amide bonds. The third kappa shape index (κ3) is 5.37. The molecule has 0 spiro atoms. The number of hydrogen-bond donors (Lipinski definition) is 1. The number of amides is 2. The number of nitrogens with one attached hydrogen (secondary N) is 1. The smallest absolute Gasteiger partial charge is 0.248 e. The van der Waals surface area contributed by atoms with Crippen molar-refractivity contribution in [2.75, 3.05) is 33.4 Å². The zero-order valence-electron chi connectivity index (χ0n) is 12.8. The summed E-state index contributed by atoms with van der Waals surface area (Å²) in [5.41, 5.74) is 0. The number of nitrogens with zero attached hydrogens (tertiary/aromatic N) is 1. The second-order valence-corrected chi connectivity index (χ2v) is 5.28. The van der Waals surface area contributed by atoms with E-state index >= 15 is 0 Å². The molecule has 1 N–H and O–H groups in total. The van der Waals surface area contributed by atoms with Crippen LogP contribution in [0.4, 0.5) is 0 Å². The van der Waals surface area contributed by atoms with Gasteiger partial charge in [-0.05, 0) is 18.6 Å². The summed E-state index contributed by atoms with van der Waals surface area (Å²) in [6.45, 7) is 1.53. The maximum absolute atomic E-state index is 11.7. The Morgan fingerprint density at radius 3 is 2.91 bits per heavy atom. The van der Waals surface area contributed by atoms with Crippen LogP contribution in [0.2, 0.25) is 0 Å². The standard InChI is InChI=1S/C16H22N2O4/c1-18-11-14(22-12-16(18)20)10-17-15(19)8-5-9-21-13-6-3-2-4-7-13/h2-4,6-7,14H,5,8-12H2,1H3,(H,17,19). The van der Waals surface area contributed by atoms with Crippen molar-refractivity contribution in [1.82, 2.24) is 10.2 Å². The summed E-state index contributed by atoms with van der Waals surface area (Å²) < 4.78 is 10.9. The van der Waals surface area contributed by atoms with Crippen molar-refractivity contribution in [2.45, 2.75) is 18.9 Å². The molecule has 120 valence electrons. The van der Waals surface area contributed by atoms with Gasteiger partial charge < -0.3 is 19.7 Å². The number of hydrogen-bond acceptors (Lipinski definition) is 4. The van der Waals surface area contributed by atoms with E-state index in [1.165, 1.54) is 0 Å². The Morgan fingerprint density at radius 1 is 1.41 bits per heavy atom. The quantitative estimate of drug-likeness (QED) is 0.757. The van der Waals surface area contributed by atoms with Crippen molar-refractivity contribution >= 4 is 11.8 Å². The molecule has 1 fully saturated rings. The van der Waals surface area contributed by atoms with Gasteiger partial charge in [0.2, 0.25) is 11.8 Å². The molecule has 2 rings (SSSR count). The highest BCUT2D eigenvalue weighted by Gasteiger charge is 2.23. The van der Waals surface area contributed by atoms with Crippen molar-refractivity contribution in [1.29, 1.82) is 0 Å². The van der Waals surface area contributed by atoms with Gasteiger partial charge >= 0.3 is 0 Å². The molecule has 1 aromatic carbocycles. The van der Waals surface area contributed by atoms with E-state index in [9.17, 15) is 9.59 Å². The van der Waals surface area contributed by atoms with Gasteiger partial charge in [-0.1, -0.05) is 18.2 Å². The second-order valence-electron chi connectivity index (χ2n) is 5.28. The third-order valence-corrected chi connectivity index (χ3v) is 3.43. The highest BCUT2D eigenvalue weighted by atomic mass is 16.5. The summed E-state index contributed by atoms with van der Waals surface area (Å²) in [5, 5.41) is 2.83. The summed E-state index contributed by atoms with van der Waals surface area (Å²) in [6.07, 6.45) is 0.936. The first-order valence-electron chi connectivity index (χ1n) is 7.45. The number of rotatable bonds is 7. The first-order chi connectivity index (χ1) is 10.6. The van der Waals surface area contributed by atoms with Gasteiger partial charge in [0.15, 0.2) is 0 Å². The van der Waals surface area contributed by atoms with Crippen LogP contribution in [0.1, 0.15) is 12.8 Å². The third-order valence-electron chi connectivity index (χ3n) is 3.43. The van der Waals surface area contributed by atoms with Crippen LogP contribution in [-0.2, 0) is 14.3 Å². The number of para-hydroxylation sites is 1. The van der Waals surface area contributed by atoms with Crippen LogP contribution < -0.4 is 10.1 Å². The van der Waals surface area contributed by atoms with Crippen molar-refractivity contribution in [2.24, 2.45) is 0 Å². The largest absolute Gasteiger partial charge is 0.494 e. The fourth-order valence-corrected chi connectivity index (χ4v) is 2.14. The number of carbonyl (C=O) groups is 2. The Balaban J connectivity index is 1.55. The summed E-state index contributed by atoms with van der Waals surface area (Å²) in [5.74, 6) is 0.756. The molecule has 6 heteroatoms. The number of morpholine rings is 1. The Bertz CT molecular complexity index is 492. The van der Waals surface area contributed by atoms with Crippen LogP contribution in [0.3, 0.4) is 0 Å². The number of ether oxygens (including phenoxy) is 2. The van der Waals surface area contributed by atoms with E-state index in [1.807, 2.05) is 30.3 Å². The van der Waals surface area contributed by atoms with E-state index in [0.29, 0.717) is 32.5 Å². The molecule has 1 aromatic rings. The molecule has 0 aromatic heterocycles. The topological polar surface area (TPSA) is 67.9 Å². The van der Waals surface area contributed by atoms with Crippen LogP contribution in [0.25, 0.3) is 0 Å². The minimum Gasteiger partial charge on any atom is -0.494 e. The summed E-state index contributed by atoms with van der Waals surface area (Å²) in [6, 6.07) is 9.52. The fraction of sp³-hybridized carbons (Fsp3) is 0.500. The average Bonchev–Trinajstić information content (AvgIpc) is 2.54. The zero-order valence-corrected chi connectivity index (χ0v) is 12.8. The van der Waals surface area contributed by atoms with Gasteiger partial charge in [0.1, 0.15) is 12.4 Å². The van der Waals surface area contributed by atoms with Gasteiger partial charge in [-0.15, -0.1) is 0 Å². The lowest BCUT2D eigenvalue weighted by atomic mass is 10.2. The maximum Gasteiger partial charge on any atom is 0.248 e. The predicted molar refractivity (Wildman–Crippen MR) is 81.6 cm³/mol. The van der Waals surface area contributed by atoms with Crippen LogP contribution in [0.5, 0.6) is 5.75 Å². The molecule has 1 aliphatic rings. The van der Waals surface area contributed by atoms with Gasteiger partial charge in [0.05, 0.1) is 12.7 Å². The fourth-order valence-electron chi connectivity index (χ4n) is 2.14. The number of benzene rings is 1. The summed E-state index contributed by atoms with van der Waals surface area (Å²) >= 11 is 0. The Kier molecular flexibility index (Phi) is 6.21. The molecule has 1 aliphatic heterocycles. The molecule has 1 atom stereocenters. The van der Waals surface area contributed by atoms with E-state index < -0.39 is 0 Å². The van der Waals surface area contributed by atoms with E-state index in [0.717, 1.165) is 5.75 Å².